The van der Waals surface area contributed by atoms with Crippen LogP contribution in [0.25, 0.3) is 0 Å². The van der Waals surface area contributed by atoms with E-state index in [4.69, 9.17) is 9.47 Å². The fraction of sp³-hybridized carbons (Fsp3) is 0.529. The van der Waals surface area contributed by atoms with Gasteiger partial charge in [0.1, 0.15) is 17.5 Å². The zero-order valence-electron chi connectivity index (χ0n) is 13.8. The van der Waals surface area contributed by atoms with E-state index in [0.717, 1.165) is 25.7 Å². The van der Waals surface area contributed by atoms with Gasteiger partial charge in [0.25, 0.3) is 0 Å². The summed E-state index contributed by atoms with van der Waals surface area (Å²) in [4.78, 5) is 24.1. The smallest absolute Gasteiger partial charge is 0.247 e. The summed E-state index contributed by atoms with van der Waals surface area (Å²) in [6.07, 6.45) is 4.11. The van der Waals surface area contributed by atoms with Crippen molar-refractivity contribution in [2.75, 3.05) is 19.5 Å². The second kappa shape index (κ2) is 7.85. The van der Waals surface area contributed by atoms with Crippen molar-refractivity contribution in [2.45, 2.75) is 38.6 Å². The monoisotopic (exact) mass is 320 g/mol. The van der Waals surface area contributed by atoms with Crippen LogP contribution in [-0.4, -0.2) is 32.1 Å². The van der Waals surface area contributed by atoms with E-state index in [-0.39, 0.29) is 17.7 Å². The Morgan fingerprint density at radius 1 is 1.17 bits per heavy atom. The van der Waals surface area contributed by atoms with E-state index in [1.54, 1.807) is 25.3 Å². The third kappa shape index (κ3) is 4.37. The normalized spacial score (nSPS) is 15.8. The first kappa shape index (κ1) is 17.1. The summed E-state index contributed by atoms with van der Waals surface area (Å²) in [6.45, 7) is 1.43. The van der Waals surface area contributed by atoms with Crippen LogP contribution in [-0.2, 0) is 9.59 Å². The van der Waals surface area contributed by atoms with Crippen LogP contribution in [0.3, 0.4) is 0 Å². The van der Waals surface area contributed by atoms with Gasteiger partial charge in [0, 0.05) is 13.0 Å². The number of amides is 2. The number of carbonyl (C=O) groups excluding carboxylic acids is 2. The van der Waals surface area contributed by atoms with Crippen LogP contribution in [0, 0.1) is 5.92 Å². The van der Waals surface area contributed by atoms with Crippen LogP contribution < -0.4 is 20.1 Å². The number of anilines is 1. The lowest BCUT2D eigenvalue weighted by Gasteiger charge is -2.23. The Morgan fingerprint density at radius 3 is 2.43 bits per heavy atom. The van der Waals surface area contributed by atoms with Crippen LogP contribution in [0.1, 0.15) is 32.6 Å². The van der Waals surface area contributed by atoms with Crippen molar-refractivity contribution in [1.29, 1.82) is 0 Å². The highest BCUT2D eigenvalue weighted by atomic mass is 16.5. The molecule has 0 aromatic heterocycles. The van der Waals surface area contributed by atoms with Crippen molar-refractivity contribution in [3.8, 4) is 11.5 Å². The highest BCUT2D eigenvalue weighted by Gasteiger charge is 2.31. The van der Waals surface area contributed by atoms with Gasteiger partial charge >= 0.3 is 0 Å². The number of carbonyl (C=O) groups is 2. The van der Waals surface area contributed by atoms with E-state index in [1.807, 2.05) is 0 Å². The first-order valence-electron chi connectivity index (χ1n) is 7.85. The molecule has 1 aromatic rings. The minimum Gasteiger partial charge on any atom is -0.497 e. The Labute approximate surface area is 136 Å². The van der Waals surface area contributed by atoms with Gasteiger partial charge in [-0.05, 0) is 30.9 Å². The van der Waals surface area contributed by atoms with E-state index >= 15 is 0 Å². The number of rotatable bonds is 6. The molecule has 0 aliphatic heterocycles. The SMILES string of the molecule is COc1ccc(NC(=O)[C@H](NC(C)=O)C2CCCC2)c(OC)c1. The van der Waals surface area contributed by atoms with E-state index < -0.39 is 6.04 Å². The molecule has 0 heterocycles. The molecule has 0 spiro atoms. The lowest BCUT2D eigenvalue weighted by atomic mass is 9.97. The molecule has 0 radical (unpaired) electrons. The maximum absolute atomic E-state index is 12.6. The summed E-state index contributed by atoms with van der Waals surface area (Å²) < 4.78 is 10.4. The molecular formula is C17H24N2O4. The van der Waals surface area contributed by atoms with Crippen LogP contribution in [0.5, 0.6) is 11.5 Å². The number of benzene rings is 1. The van der Waals surface area contributed by atoms with Gasteiger partial charge in [0.2, 0.25) is 11.8 Å². The lowest BCUT2D eigenvalue weighted by molar-refractivity contribution is -0.126. The van der Waals surface area contributed by atoms with Crippen molar-refractivity contribution >= 4 is 17.5 Å². The standard InChI is InChI=1S/C17H24N2O4/c1-11(20)18-16(12-6-4-5-7-12)17(21)19-14-9-8-13(22-2)10-15(14)23-3/h8-10,12,16H,4-7H2,1-3H3,(H,18,20)(H,19,21)/t16-/m1/s1. The average molecular weight is 320 g/mol. The van der Waals surface area contributed by atoms with Gasteiger partial charge in [-0.1, -0.05) is 12.8 Å². The van der Waals surface area contributed by atoms with Crippen molar-refractivity contribution in [2.24, 2.45) is 5.92 Å². The van der Waals surface area contributed by atoms with E-state index in [2.05, 4.69) is 10.6 Å². The van der Waals surface area contributed by atoms with E-state index in [1.165, 1.54) is 14.0 Å². The highest BCUT2D eigenvalue weighted by Crippen LogP contribution is 2.31. The van der Waals surface area contributed by atoms with Crippen molar-refractivity contribution in [1.82, 2.24) is 5.32 Å². The third-order valence-electron chi connectivity index (χ3n) is 4.18. The average Bonchev–Trinajstić information content (AvgIpc) is 3.06. The minimum absolute atomic E-state index is 0.183. The molecule has 0 bridgehead atoms. The van der Waals surface area contributed by atoms with Crippen molar-refractivity contribution in [3.05, 3.63) is 18.2 Å². The molecule has 2 N–H and O–H groups in total. The molecular weight excluding hydrogens is 296 g/mol. The Kier molecular flexibility index (Phi) is 5.84. The molecule has 126 valence electrons. The van der Waals surface area contributed by atoms with Crippen molar-refractivity contribution < 1.29 is 19.1 Å². The molecule has 1 saturated carbocycles. The summed E-state index contributed by atoms with van der Waals surface area (Å²) in [5.74, 6) is 0.942. The van der Waals surface area contributed by atoms with E-state index in [0.29, 0.717) is 17.2 Å². The minimum atomic E-state index is -0.512. The summed E-state index contributed by atoms with van der Waals surface area (Å²) in [5.41, 5.74) is 0.562. The van der Waals surface area contributed by atoms with Crippen LogP contribution >= 0.6 is 0 Å². The zero-order chi connectivity index (χ0) is 16.8. The zero-order valence-corrected chi connectivity index (χ0v) is 13.8. The summed E-state index contributed by atoms with van der Waals surface area (Å²) in [7, 11) is 3.10. The van der Waals surface area contributed by atoms with Gasteiger partial charge in [0.15, 0.2) is 0 Å². The Morgan fingerprint density at radius 2 is 1.87 bits per heavy atom. The number of hydrogen-bond acceptors (Lipinski definition) is 4. The Hall–Kier alpha value is -2.24. The quantitative estimate of drug-likeness (QED) is 0.843. The first-order chi connectivity index (χ1) is 11.0. The van der Waals surface area contributed by atoms with Crippen LogP contribution in [0.4, 0.5) is 5.69 Å². The summed E-state index contributed by atoms with van der Waals surface area (Å²) in [6, 6.07) is 4.68. The second-order valence-corrected chi connectivity index (χ2v) is 5.78. The van der Waals surface area contributed by atoms with Gasteiger partial charge in [-0.3, -0.25) is 9.59 Å². The van der Waals surface area contributed by atoms with Gasteiger partial charge in [0.05, 0.1) is 19.9 Å². The highest BCUT2D eigenvalue weighted by molar-refractivity contribution is 5.98. The third-order valence-corrected chi connectivity index (χ3v) is 4.18. The maximum Gasteiger partial charge on any atom is 0.247 e. The first-order valence-corrected chi connectivity index (χ1v) is 7.85. The Bertz CT molecular complexity index is 568. The Balaban J connectivity index is 2.15. The molecule has 1 aliphatic rings. The number of hydrogen-bond donors (Lipinski definition) is 2. The predicted molar refractivity (Wildman–Crippen MR) is 87.7 cm³/mol. The van der Waals surface area contributed by atoms with E-state index in [9.17, 15) is 9.59 Å². The maximum atomic E-state index is 12.6. The molecule has 0 saturated heterocycles. The molecule has 6 heteroatoms. The molecule has 2 rings (SSSR count). The van der Waals surface area contributed by atoms with Gasteiger partial charge in [-0.2, -0.15) is 0 Å². The van der Waals surface area contributed by atoms with Gasteiger partial charge in [-0.25, -0.2) is 0 Å². The number of methoxy groups -OCH3 is 2. The molecule has 1 aliphatic carbocycles. The van der Waals surface area contributed by atoms with Gasteiger partial charge < -0.3 is 20.1 Å². The summed E-state index contributed by atoms with van der Waals surface area (Å²) in [5, 5.41) is 5.65. The molecule has 0 unspecified atom stereocenters. The fourth-order valence-electron chi connectivity index (χ4n) is 3.02. The molecule has 6 nitrogen and oxygen atoms in total. The molecule has 2 amide bonds. The van der Waals surface area contributed by atoms with Gasteiger partial charge in [-0.15, -0.1) is 0 Å². The predicted octanol–water partition coefficient (Wildman–Crippen LogP) is 2.34. The number of ether oxygens (including phenoxy) is 2. The molecule has 23 heavy (non-hydrogen) atoms. The van der Waals surface area contributed by atoms with Crippen LogP contribution in [0.2, 0.25) is 0 Å². The fourth-order valence-corrected chi connectivity index (χ4v) is 3.02. The number of nitrogens with one attached hydrogen (secondary N) is 2. The van der Waals surface area contributed by atoms with Crippen molar-refractivity contribution in [3.63, 3.8) is 0 Å². The molecule has 1 fully saturated rings. The largest absolute Gasteiger partial charge is 0.497 e. The van der Waals surface area contributed by atoms with Crippen LogP contribution in [0.15, 0.2) is 18.2 Å². The molecule has 1 atom stereocenters. The topological polar surface area (TPSA) is 76.7 Å². The molecule has 1 aromatic carbocycles. The summed E-state index contributed by atoms with van der Waals surface area (Å²) >= 11 is 0. The lowest BCUT2D eigenvalue weighted by Crippen LogP contribution is -2.47. The second-order valence-electron chi connectivity index (χ2n) is 5.78.